The van der Waals surface area contributed by atoms with E-state index in [-0.39, 0.29) is 0 Å². The summed E-state index contributed by atoms with van der Waals surface area (Å²) in [5.41, 5.74) is 3.01. The Kier molecular flexibility index (Phi) is 3.88. The maximum absolute atomic E-state index is 10.8. The maximum atomic E-state index is 10.8. The van der Waals surface area contributed by atoms with Crippen LogP contribution in [0.3, 0.4) is 0 Å². The summed E-state index contributed by atoms with van der Waals surface area (Å²) in [5.74, 6) is 0.989. The number of nitrogens with zero attached hydrogens (tertiary/aromatic N) is 3. The molecule has 0 bridgehead atoms. The molecule has 2 heterocycles. The zero-order valence-corrected chi connectivity index (χ0v) is 13.2. The Morgan fingerprint density at radius 1 is 0.800 bits per heavy atom. The molecule has 4 aromatic rings. The van der Waals surface area contributed by atoms with Crippen molar-refractivity contribution in [3.63, 3.8) is 0 Å². The summed E-state index contributed by atoms with van der Waals surface area (Å²) in [7, 11) is 0. The lowest BCUT2D eigenvalue weighted by atomic mass is 10.1. The minimum atomic E-state index is 0.401. The monoisotopic (exact) mass is 327 g/mol. The second-order valence-electron chi connectivity index (χ2n) is 5.37. The fourth-order valence-corrected chi connectivity index (χ4v) is 2.61. The van der Waals surface area contributed by atoms with Gasteiger partial charge in [0, 0.05) is 35.1 Å². The van der Waals surface area contributed by atoms with Crippen molar-refractivity contribution >= 4 is 17.2 Å². The minimum absolute atomic E-state index is 0.401. The second-order valence-corrected chi connectivity index (χ2v) is 5.37. The van der Waals surface area contributed by atoms with E-state index >= 15 is 0 Å². The molecule has 0 aliphatic carbocycles. The molecule has 0 aliphatic rings. The van der Waals surface area contributed by atoms with Crippen LogP contribution in [0.4, 0.5) is 0 Å². The van der Waals surface area contributed by atoms with E-state index in [2.05, 4.69) is 15.0 Å². The number of aromatic nitrogens is 3. The molecule has 25 heavy (non-hydrogen) atoms. The molecule has 5 nitrogen and oxygen atoms in total. The summed E-state index contributed by atoms with van der Waals surface area (Å²) in [4.78, 5) is 23.9. The molecule has 0 unspecified atom stereocenters. The molecule has 0 spiro atoms. The number of para-hydroxylation sites is 1. The van der Waals surface area contributed by atoms with Crippen molar-refractivity contribution in [3.8, 4) is 22.9 Å². The molecule has 0 fully saturated rings. The van der Waals surface area contributed by atoms with Crippen LogP contribution < -0.4 is 4.74 Å². The van der Waals surface area contributed by atoms with Gasteiger partial charge in [0.2, 0.25) is 5.88 Å². The number of hydrogen-bond donors (Lipinski definition) is 0. The molecule has 0 atom stereocenters. The van der Waals surface area contributed by atoms with Gasteiger partial charge in [0.05, 0.1) is 5.52 Å². The first-order valence-electron chi connectivity index (χ1n) is 7.73. The Morgan fingerprint density at radius 3 is 2.44 bits per heavy atom. The van der Waals surface area contributed by atoms with Crippen LogP contribution >= 0.6 is 0 Å². The third-order valence-electron chi connectivity index (χ3n) is 3.80. The lowest BCUT2D eigenvalue weighted by molar-refractivity contribution is 0.112. The van der Waals surface area contributed by atoms with Gasteiger partial charge < -0.3 is 4.74 Å². The maximum Gasteiger partial charge on any atom is 0.246 e. The van der Waals surface area contributed by atoms with Gasteiger partial charge in [0.1, 0.15) is 17.7 Å². The average Bonchev–Trinajstić information content (AvgIpc) is 2.69. The topological polar surface area (TPSA) is 65.0 Å². The third-order valence-corrected chi connectivity index (χ3v) is 3.80. The molecule has 0 saturated carbocycles. The number of fused-ring (bicyclic) bond motifs is 1. The second kappa shape index (κ2) is 6.49. The van der Waals surface area contributed by atoms with Crippen molar-refractivity contribution < 1.29 is 9.53 Å². The number of ether oxygens (including phenoxy) is 1. The number of rotatable bonds is 4. The first kappa shape index (κ1) is 15.0. The quantitative estimate of drug-likeness (QED) is 0.523. The summed E-state index contributed by atoms with van der Waals surface area (Å²) >= 11 is 0. The minimum Gasteiger partial charge on any atom is -0.437 e. The molecule has 2 aromatic heterocycles. The molecule has 120 valence electrons. The molecule has 0 aliphatic heterocycles. The van der Waals surface area contributed by atoms with Crippen LogP contribution in [0, 0.1) is 0 Å². The van der Waals surface area contributed by atoms with Crippen LogP contribution in [-0.4, -0.2) is 21.2 Å². The first-order valence-corrected chi connectivity index (χ1v) is 7.73. The predicted molar refractivity (Wildman–Crippen MR) is 94.7 cm³/mol. The Bertz CT molecular complexity index is 1040. The highest BCUT2D eigenvalue weighted by atomic mass is 16.5. The van der Waals surface area contributed by atoms with Gasteiger partial charge in [-0.3, -0.25) is 9.78 Å². The Balaban J connectivity index is 1.79. The number of pyridine rings is 1. The zero-order valence-electron chi connectivity index (χ0n) is 13.2. The lowest BCUT2D eigenvalue weighted by Gasteiger charge is -2.11. The van der Waals surface area contributed by atoms with Gasteiger partial charge in [0.15, 0.2) is 0 Å². The van der Waals surface area contributed by atoms with Gasteiger partial charge >= 0.3 is 0 Å². The van der Waals surface area contributed by atoms with Crippen molar-refractivity contribution in [1.29, 1.82) is 0 Å². The SMILES string of the molecule is O=Cc1ccc(Oc2nccnc2-c2ccnc3ccccc23)cc1. The van der Waals surface area contributed by atoms with Gasteiger partial charge in [-0.05, 0) is 36.4 Å². The zero-order chi connectivity index (χ0) is 17.1. The van der Waals surface area contributed by atoms with Crippen molar-refractivity contribution in [2.75, 3.05) is 0 Å². The number of hydrogen-bond acceptors (Lipinski definition) is 5. The van der Waals surface area contributed by atoms with Gasteiger partial charge in [-0.2, -0.15) is 0 Å². The number of carbonyl (C=O) groups is 1. The molecule has 4 rings (SSSR count). The molecule has 0 radical (unpaired) electrons. The molecule has 0 amide bonds. The van der Waals surface area contributed by atoms with E-state index in [0.717, 1.165) is 22.8 Å². The van der Waals surface area contributed by atoms with Crippen molar-refractivity contribution in [1.82, 2.24) is 15.0 Å². The van der Waals surface area contributed by atoms with Crippen LogP contribution in [0.2, 0.25) is 0 Å². The average molecular weight is 327 g/mol. The van der Waals surface area contributed by atoms with Gasteiger partial charge in [-0.1, -0.05) is 18.2 Å². The molecular weight excluding hydrogens is 314 g/mol. The standard InChI is InChI=1S/C20H13N3O2/c24-13-14-5-7-15(8-6-14)25-20-19(22-11-12-23-20)17-9-10-21-18-4-2-1-3-16(17)18/h1-13H. The van der Waals surface area contributed by atoms with E-state index in [1.165, 1.54) is 0 Å². The van der Waals surface area contributed by atoms with E-state index in [1.54, 1.807) is 42.9 Å². The largest absolute Gasteiger partial charge is 0.437 e. The van der Waals surface area contributed by atoms with Crippen LogP contribution in [0.25, 0.3) is 22.2 Å². The molecular formula is C20H13N3O2. The van der Waals surface area contributed by atoms with E-state index in [1.807, 2.05) is 30.3 Å². The molecule has 0 saturated heterocycles. The van der Waals surface area contributed by atoms with Gasteiger partial charge in [0.25, 0.3) is 0 Å². The first-order chi connectivity index (χ1) is 12.3. The Labute approximate surface area is 144 Å². The molecule has 5 heteroatoms. The van der Waals surface area contributed by atoms with Crippen LogP contribution in [-0.2, 0) is 0 Å². The van der Waals surface area contributed by atoms with Crippen LogP contribution in [0.1, 0.15) is 10.4 Å². The van der Waals surface area contributed by atoms with E-state index in [9.17, 15) is 4.79 Å². The van der Waals surface area contributed by atoms with Crippen molar-refractivity contribution in [3.05, 3.63) is 78.8 Å². The Morgan fingerprint density at radius 2 is 1.60 bits per heavy atom. The highest BCUT2D eigenvalue weighted by molar-refractivity contribution is 5.94. The number of benzene rings is 2. The summed E-state index contributed by atoms with van der Waals surface area (Å²) in [6.07, 6.45) is 5.75. The van der Waals surface area contributed by atoms with E-state index in [4.69, 9.17) is 4.74 Å². The number of aldehydes is 1. The van der Waals surface area contributed by atoms with Crippen LogP contribution in [0.15, 0.2) is 73.2 Å². The van der Waals surface area contributed by atoms with Gasteiger partial charge in [-0.15, -0.1) is 0 Å². The predicted octanol–water partition coefficient (Wildman–Crippen LogP) is 4.30. The highest BCUT2D eigenvalue weighted by Gasteiger charge is 2.13. The highest BCUT2D eigenvalue weighted by Crippen LogP contribution is 2.33. The summed E-state index contributed by atoms with van der Waals surface area (Å²) in [5, 5.41) is 0.978. The summed E-state index contributed by atoms with van der Waals surface area (Å²) < 4.78 is 5.90. The smallest absolute Gasteiger partial charge is 0.246 e. The van der Waals surface area contributed by atoms with Crippen LogP contribution in [0.5, 0.6) is 11.6 Å². The van der Waals surface area contributed by atoms with Gasteiger partial charge in [-0.25, -0.2) is 9.97 Å². The molecule has 0 N–H and O–H groups in total. The van der Waals surface area contributed by atoms with E-state index in [0.29, 0.717) is 22.9 Å². The normalized spacial score (nSPS) is 10.6. The summed E-state index contributed by atoms with van der Waals surface area (Å²) in [6, 6.07) is 16.6. The third kappa shape index (κ3) is 2.95. The molecule has 2 aromatic carbocycles. The lowest BCUT2D eigenvalue weighted by Crippen LogP contribution is -1.95. The number of carbonyl (C=O) groups excluding carboxylic acids is 1. The fraction of sp³-hybridized carbons (Fsp3) is 0. The van der Waals surface area contributed by atoms with E-state index < -0.39 is 0 Å². The van der Waals surface area contributed by atoms with Crippen molar-refractivity contribution in [2.24, 2.45) is 0 Å². The fourth-order valence-electron chi connectivity index (χ4n) is 2.61. The van der Waals surface area contributed by atoms with Crippen molar-refractivity contribution in [2.45, 2.75) is 0 Å². The Hall–Kier alpha value is -3.60. The summed E-state index contributed by atoms with van der Waals surface area (Å²) in [6.45, 7) is 0.